The highest BCUT2D eigenvalue weighted by Crippen LogP contribution is 2.46. The summed E-state index contributed by atoms with van der Waals surface area (Å²) in [6.45, 7) is 4.62. The number of quaternary nitrogens is 1. The van der Waals surface area contributed by atoms with Crippen molar-refractivity contribution in [2.24, 2.45) is 0 Å². The summed E-state index contributed by atoms with van der Waals surface area (Å²) in [5.74, 6) is -2.62. The van der Waals surface area contributed by atoms with Crippen LogP contribution < -0.4 is 32.2 Å². The van der Waals surface area contributed by atoms with Crippen LogP contribution in [-0.4, -0.2) is 242 Å². The number of amides is 2. The average molecular weight is 1390 g/mol. The van der Waals surface area contributed by atoms with E-state index >= 15 is 0 Å². The second-order valence-corrected chi connectivity index (χ2v) is 24.2. The molecule has 0 spiro atoms. The Kier molecular flexibility index (Phi) is 27.1. The summed E-state index contributed by atoms with van der Waals surface area (Å²) in [7, 11) is -10.5. The predicted octanol–water partition coefficient (Wildman–Crippen LogP) is -1.92. The minimum Gasteiger partial charge on any atom is -0.491 e. The lowest BCUT2D eigenvalue weighted by Gasteiger charge is -2.39. The minimum absolute atomic E-state index is 0.110. The van der Waals surface area contributed by atoms with Crippen molar-refractivity contribution < 1.29 is 119 Å². The van der Waals surface area contributed by atoms with E-state index in [4.69, 9.17) is 58.2 Å². The van der Waals surface area contributed by atoms with Gasteiger partial charge < -0.3 is 94.7 Å². The molecule has 15 N–H and O–H groups in total. The number of nitrogens with two attached hydrogens (primary N) is 1. The molecule has 6 atom stereocenters. The summed E-state index contributed by atoms with van der Waals surface area (Å²) in [4.78, 5) is 36.8. The van der Waals surface area contributed by atoms with Gasteiger partial charge in [-0.05, 0) is 72.1 Å². The van der Waals surface area contributed by atoms with E-state index in [1.54, 1.807) is 17.1 Å². The smallest absolute Gasteiger partial charge is 0.336 e. The van der Waals surface area contributed by atoms with Crippen LogP contribution in [0.25, 0.3) is 33.4 Å². The average Bonchev–Trinajstić information content (AvgIpc) is 0.743. The molecule has 0 bridgehead atoms. The quantitative estimate of drug-likeness (QED) is 0.00862. The van der Waals surface area contributed by atoms with Gasteiger partial charge in [-0.2, -0.15) is 16.8 Å². The molecule has 35 nitrogen and oxygen atoms in total. The van der Waals surface area contributed by atoms with Gasteiger partial charge in [0.05, 0.1) is 147 Å². The molecule has 2 amide bonds. The summed E-state index contributed by atoms with van der Waals surface area (Å²) >= 11 is 0. The van der Waals surface area contributed by atoms with E-state index in [1.807, 2.05) is 24.3 Å². The van der Waals surface area contributed by atoms with Gasteiger partial charge in [0.25, 0.3) is 32.1 Å². The van der Waals surface area contributed by atoms with Gasteiger partial charge in [0.1, 0.15) is 42.5 Å². The summed E-state index contributed by atoms with van der Waals surface area (Å²) < 4.78 is 130. The molecule has 2 aliphatic heterocycles. The fourth-order valence-electron chi connectivity index (χ4n) is 9.82. The van der Waals surface area contributed by atoms with E-state index in [1.165, 1.54) is 22.9 Å². The molecule has 522 valence electrons. The first-order chi connectivity index (χ1) is 46.0. The monoisotopic (exact) mass is 1390 g/mol. The molecular weight excluding hydrogens is 1310 g/mol. The Morgan fingerprint density at radius 2 is 1.28 bits per heavy atom. The van der Waals surface area contributed by atoms with Crippen molar-refractivity contribution in [2.75, 3.05) is 111 Å². The fraction of sp³-hybridized carbons (Fsp3) is 0.458. The number of carboxylic acids is 1. The van der Waals surface area contributed by atoms with Gasteiger partial charge in [0.2, 0.25) is 0 Å². The molecule has 37 heteroatoms. The third-order valence-electron chi connectivity index (χ3n) is 14.6. The Bertz CT molecular complexity index is 3990. The highest BCUT2D eigenvalue weighted by molar-refractivity contribution is 7.86. The maximum atomic E-state index is 13.6. The lowest BCUT2D eigenvalue weighted by Crippen LogP contribution is -2.68. The molecule has 1 fully saturated rings. The standard InChI is InChI=1S/C59H75N11O24S2/c60-44-9-7-41-48(42-8-10-45(61)55(96(82,83)84)53(42)94-52(41)54(44)95(79,80)81)43-29-36(3-6-40(43)58(77)78)56(75)64-31-38-33-70(68-66-38)14-18-87-20-23-88-22-19-85-16-12-63-57(76)46(62)30-37-32-69(67-65-37)13-17-86-21-24-89-25-26-90-27-28-91-39-4-1-35(2-5-39)11-15-92-59-51(74)50(73)49(72)47(34-71)93-59/h1-10,29,32-33,46-47,49-51,59-60,71-74H,11-28,30-31,34,61-62H2,(H,63,76)(H,64,75)(H,77,78)(H,79,80,81)(H,82,83,84)/p+1/t46-,47+,49+,50-,51+,59+/m0/s1. The highest BCUT2D eigenvalue weighted by Gasteiger charge is 2.44. The van der Waals surface area contributed by atoms with Crippen LogP contribution in [0.15, 0.2) is 93.3 Å². The fourth-order valence-corrected chi connectivity index (χ4v) is 11.3. The molecule has 96 heavy (non-hydrogen) atoms. The minimum atomic E-state index is -5.26. The van der Waals surface area contributed by atoms with Crippen LogP contribution in [0, 0.1) is 5.41 Å². The molecule has 3 aromatic carbocycles. The van der Waals surface area contributed by atoms with Crippen molar-refractivity contribution >= 4 is 54.7 Å². The third-order valence-corrected chi connectivity index (χ3v) is 16.5. The summed E-state index contributed by atoms with van der Waals surface area (Å²) in [5, 5.41) is 78.6. The van der Waals surface area contributed by atoms with Crippen molar-refractivity contribution in [2.45, 2.75) is 79.0 Å². The predicted molar refractivity (Wildman–Crippen MR) is 330 cm³/mol. The summed E-state index contributed by atoms with van der Waals surface area (Å²) in [6, 6.07) is 14.7. The molecule has 0 saturated carbocycles. The van der Waals surface area contributed by atoms with Crippen LogP contribution in [0.1, 0.15) is 37.7 Å². The zero-order valence-corrected chi connectivity index (χ0v) is 53.3. The SMILES string of the molecule is N=c1ccc2c(-c3cc(C(=O)NCc4cn(CCOCCOCCOCCNC(=O)[C@@H]([NH3+])Cc5cn(CCOCCOCCOCCOc6ccc(CCO[C@@H]7O[C@H](CO)[C@@H](O)[C@H](O)[C@H]7O)cc6)nn5)nn4)ccc3C(=O)O)c3ccc(N)c(S(=O)(=O)O)c3oc-2c1S(=O)(=O)O. The van der Waals surface area contributed by atoms with Crippen LogP contribution >= 0.6 is 0 Å². The molecule has 0 radical (unpaired) electrons. The first kappa shape index (κ1) is 73.7. The first-order valence-corrected chi connectivity index (χ1v) is 32.9. The number of hydrogen-bond acceptors (Lipinski definition) is 27. The van der Waals surface area contributed by atoms with Crippen molar-refractivity contribution in [1.29, 1.82) is 5.41 Å². The van der Waals surface area contributed by atoms with Crippen LogP contribution in [0.5, 0.6) is 5.75 Å². The summed E-state index contributed by atoms with van der Waals surface area (Å²) in [6.07, 6.45) is -2.54. The number of nitrogen functional groups attached to an aromatic ring is 1. The number of hydrogen-bond donors (Lipinski definition) is 12. The molecule has 3 aliphatic rings. The lowest BCUT2D eigenvalue weighted by molar-refractivity contribution is -0.403. The van der Waals surface area contributed by atoms with E-state index in [0.717, 1.165) is 29.8 Å². The van der Waals surface area contributed by atoms with E-state index in [9.17, 15) is 65.9 Å². The number of carbonyl (C=O) groups is 3. The Morgan fingerprint density at radius 1 is 0.688 bits per heavy atom. The molecule has 2 aromatic heterocycles. The van der Waals surface area contributed by atoms with Crippen LogP contribution in [-0.2, 0) is 95.4 Å². The van der Waals surface area contributed by atoms with Gasteiger partial charge >= 0.3 is 5.97 Å². The molecule has 8 rings (SSSR count). The number of ether oxygens (including phenoxy) is 9. The zero-order valence-electron chi connectivity index (χ0n) is 51.7. The number of benzene rings is 4. The van der Waals surface area contributed by atoms with Gasteiger partial charge in [0, 0.05) is 34.8 Å². The highest BCUT2D eigenvalue weighted by atomic mass is 32.2. The van der Waals surface area contributed by atoms with E-state index < -0.39 is 113 Å². The normalized spacial score (nSPS) is 17.1. The molecule has 1 saturated heterocycles. The first-order valence-electron chi connectivity index (χ1n) is 30.0. The molecule has 5 aromatic rings. The Balaban J connectivity index is 0.628. The molecule has 1 aliphatic carbocycles. The molecule has 4 heterocycles. The second kappa shape index (κ2) is 35.3. The number of carboxylic acid groups (broad SMARTS) is 1. The second-order valence-electron chi connectivity index (χ2n) is 21.5. The zero-order chi connectivity index (χ0) is 68.9. The molecular formula is C59H76N11O24S2+. The lowest BCUT2D eigenvalue weighted by atomic mass is 9.89. The van der Waals surface area contributed by atoms with Gasteiger partial charge in [-0.1, -0.05) is 22.6 Å². The van der Waals surface area contributed by atoms with Crippen molar-refractivity contribution in [3.05, 3.63) is 113 Å². The number of nitrogens with zero attached hydrogens (tertiary/aromatic N) is 6. The van der Waals surface area contributed by atoms with Gasteiger partial charge in [-0.3, -0.25) is 24.1 Å². The van der Waals surface area contributed by atoms with Crippen molar-refractivity contribution in [3.63, 3.8) is 0 Å². The van der Waals surface area contributed by atoms with Crippen molar-refractivity contribution in [3.8, 4) is 28.2 Å². The number of aliphatic hydroxyl groups excluding tert-OH is 4. The number of carbonyl (C=O) groups excluding carboxylic acids is 2. The number of nitrogens with one attached hydrogen (secondary N) is 3. The van der Waals surface area contributed by atoms with Crippen LogP contribution in [0.3, 0.4) is 0 Å². The maximum Gasteiger partial charge on any atom is 0.336 e. The number of anilines is 1. The Morgan fingerprint density at radius 3 is 1.90 bits per heavy atom. The van der Waals surface area contributed by atoms with Gasteiger partial charge in [-0.25, -0.2) is 14.2 Å². The van der Waals surface area contributed by atoms with Gasteiger partial charge in [-0.15, -0.1) is 10.2 Å². The number of aromatic nitrogens is 6. The molecule has 0 unspecified atom stereocenters. The number of fused-ring (bicyclic) bond motifs is 2. The number of aromatic carboxylic acids is 1. The van der Waals surface area contributed by atoms with Gasteiger partial charge in [0.15, 0.2) is 33.5 Å². The summed E-state index contributed by atoms with van der Waals surface area (Å²) in [5.41, 5.74) is 9.25. The van der Waals surface area contributed by atoms with Crippen LogP contribution in [0.4, 0.5) is 5.69 Å². The number of rotatable bonds is 40. The van der Waals surface area contributed by atoms with Crippen molar-refractivity contribution in [1.82, 2.24) is 40.6 Å². The number of aliphatic hydroxyl groups is 4. The van der Waals surface area contributed by atoms with E-state index in [-0.39, 0.29) is 99.3 Å². The topological polar surface area (TPSA) is 520 Å². The van der Waals surface area contributed by atoms with E-state index in [0.29, 0.717) is 82.9 Å². The Labute approximate surface area is 548 Å². The third kappa shape index (κ3) is 20.5. The largest absolute Gasteiger partial charge is 0.491 e. The van der Waals surface area contributed by atoms with E-state index in [2.05, 4.69) is 37.0 Å². The maximum absolute atomic E-state index is 13.6. The van der Waals surface area contributed by atoms with Crippen LogP contribution in [0.2, 0.25) is 0 Å². The Hall–Kier alpha value is -8.06.